The number of alkyl halides is 5. The number of imidazole rings is 1. The molecule has 39 heavy (non-hydrogen) atoms. The molecule has 2 aliphatic rings. The summed E-state index contributed by atoms with van der Waals surface area (Å²) in [5.41, 5.74) is 1.64. The molecule has 1 aliphatic carbocycles. The number of rotatable bonds is 6. The van der Waals surface area contributed by atoms with Crippen molar-refractivity contribution in [3.05, 3.63) is 41.1 Å². The first-order chi connectivity index (χ1) is 18.4. The number of nitrogens with zero attached hydrogens (tertiary/aromatic N) is 5. The van der Waals surface area contributed by atoms with Gasteiger partial charge in [0.1, 0.15) is 11.7 Å². The van der Waals surface area contributed by atoms with E-state index in [1.54, 1.807) is 19.2 Å². The fraction of sp³-hybridized carbons (Fsp3) is 0.583. The molecule has 4 heterocycles. The molecule has 0 aromatic carbocycles. The molecule has 3 atom stereocenters. The summed E-state index contributed by atoms with van der Waals surface area (Å²) in [4.78, 5) is 29.8. The van der Waals surface area contributed by atoms with Gasteiger partial charge in [-0.25, -0.2) is 22.9 Å². The second-order valence-corrected chi connectivity index (χ2v) is 10.3. The number of piperidine rings is 1. The monoisotopic (exact) mass is 555 g/mol. The number of aryl methyl sites for hydroxylation is 1. The van der Waals surface area contributed by atoms with Gasteiger partial charge in [-0.15, -0.1) is 0 Å². The second-order valence-electron chi connectivity index (χ2n) is 10.3. The first kappa shape index (κ1) is 26.9. The first-order valence-electron chi connectivity index (χ1n) is 12.6. The van der Waals surface area contributed by atoms with E-state index in [0.717, 1.165) is 0 Å². The van der Waals surface area contributed by atoms with Crippen LogP contribution in [0.2, 0.25) is 0 Å². The van der Waals surface area contributed by atoms with Crippen LogP contribution in [0.3, 0.4) is 0 Å². The molecule has 2 fully saturated rings. The summed E-state index contributed by atoms with van der Waals surface area (Å²) >= 11 is 0. The lowest BCUT2D eigenvalue weighted by molar-refractivity contribution is -0.169. The Morgan fingerprint density at radius 1 is 1.23 bits per heavy atom. The van der Waals surface area contributed by atoms with Gasteiger partial charge in [0.05, 0.1) is 24.1 Å². The first-order valence-corrected chi connectivity index (χ1v) is 12.6. The Morgan fingerprint density at radius 3 is 2.62 bits per heavy atom. The lowest BCUT2D eigenvalue weighted by Gasteiger charge is -2.33. The number of carbonyl (C=O) groups excluding carboxylic acids is 2. The third-order valence-electron chi connectivity index (χ3n) is 7.47. The highest BCUT2D eigenvalue weighted by Gasteiger charge is 2.44. The lowest BCUT2D eigenvalue weighted by Crippen LogP contribution is -2.51. The van der Waals surface area contributed by atoms with E-state index in [4.69, 9.17) is 0 Å². The van der Waals surface area contributed by atoms with Gasteiger partial charge in [-0.3, -0.25) is 9.59 Å². The summed E-state index contributed by atoms with van der Waals surface area (Å²) in [5.74, 6) is -4.98. The molecule has 3 aromatic heterocycles. The number of aromatic nitrogens is 5. The summed E-state index contributed by atoms with van der Waals surface area (Å²) in [5, 5.41) is 16.4. The van der Waals surface area contributed by atoms with Crippen molar-refractivity contribution in [2.75, 3.05) is 0 Å². The molecule has 1 saturated carbocycles. The summed E-state index contributed by atoms with van der Waals surface area (Å²) in [6.45, 7) is 1.55. The van der Waals surface area contributed by atoms with Crippen LogP contribution in [0.25, 0.3) is 5.65 Å². The van der Waals surface area contributed by atoms with Gasteiger partial charge in [-0.1, -0.05) is 5.16 Å². The Labute approximate surface area is 218 Å². The van der Waals surface area contributed by atoms with Gasteiger partial charge in [-0.2, -0.15) is 18.3 Å². The number of amides is 2. The Hall–Kier alpha value is -3.65. The van der Waals surface area contributed by atoms with Crippen molar-refractivity contribution in [3.8, 4) is 0 Å². The highest BCUT2D eigenvalue weighted by atomic mass is 19.4. The zero-order valence-corrected chi connectivity index (χ0v) is 20.8. The normalized spacial score (nSPS) is 23.0. The Bertz CT molecular complexity index is 1360. The zero-order chi connectivity index (χ0) is 27.9. The average molecular weight is 556 g/mol. The second kappa shape index (κ2) is 10.2. The number of nitrogens with one attached hydrogen (secondary N) is 2. The van der Waals surface area contributed by atoms with Crippen LogP contribution in [0, 0.1) is 18.8 Å². The fourth-order valence-electron chi connectivity index (χ4n) is 5.26. The van der Waals surface area contributed by atoms with Gasteiger partial charge < -0.3 is 10.6 Å². The number of hydrogen-bond acceptors (Lipinski definition) is 7. The predicted molar refractivity (Wildman–Crippen MR) is 124 cm³/mol. The van der Waals surface area contributed by atoms with Crippen molar-refractivity contribution in [1.29, 1.82) is 0 Å². The van der Waals surface area contributed by atoms with Gasteiger partial charge in [0.15, 0.2) is 11.3 Å². The molecule has 0 radical (unpaired) electrons. The van der Waals surface area contributed by atoms with Gasteiger partial charge in [0.25, 0.3) is 5.91 Å². The van der Waals surface area contributed by atoms with Crippen molar-refractivity contribution in [2.24, 2.45) is 11.8 Å². The molecule has 2 N–H and O–H groups in total. The summed E-state index contributed by atoms with van der Waals surface area (Å²) in [6, 6.07) is -0.905. The highest BCUT2D eigenvalue weighted by Crippen LogP contribution is 2.41. The minimum Gasteiger partial charge on any atom is -0.344 e. The summed E-state index contributed by atoms with van der Waals surface area (Å²) in [7, 11) is 0. The Morgan fingerprint density at radius 2 is 1.97 bits per heavy atom. The number of hydrogen-bond donors (Lipinski definition) is 2. The maximum absolute atomic E-state index is 13.9. The molecule has 1 saturated heterocycles. The van der Waals surface area contributed by atoms with Crippen LogP contribution < -0.4 is 10.6 Å². The van der Waals surface area contributed by atoms with Gasteiger partial charge in [-0.05, 0) is 61.7 Å². The van der Waals surface area contributed by atoms with E-state index in [1.807, 2.05) is 5.32 Å². The number of fused-ring (bicyclic) bond motifs is 1. The van der Waals surface area contributed by atoms with E-state index < -0.39 is 41.9 Å². The van der Waals surface area contributed by atoms with Crippen LogP contribution >= 0.6 is 0 Å². The third-order valence-corrected chi connectivity index (χ3v) is 7.47. The maximum Gasteiger partial charge on any atom is 0.408 e. The van der Waals surface area contributed by atoms with Gasteiger partial charge in [0, 0.05) is 18.8 Å². The van der Waals surface area contributed by atoms with E-state index in [1.165, 1.54) is 10.7 Å². The molecule has 10 nitrogen and oxygen atoms in total. The van der Waals surface area contributed by atoms with Crippen LogP contribution in [0.5, 0.6) is 0 Å². The SMILES string of the molecule is Cc1nonc1C(=O)N[C@H](c1cn2ncc(C[C@H]3CC[C@H](C(F)(F)F)NC3=O)cc2n1)C1CCC(F)(F)CC1. The molecule has 0 bridgehead atoms. The van der Waals surface area contributed by atoms with Gasteiger partial charge >= 0.3 is 6.18 Å². The van der Waals surface area contributed by atoms with Crippen molar-refractivity contribution in [1.82, 2.24) is 35.5 Å². The average Bonchev–Trinajstić information content (AvgIpc) is 3.49. The predicted octanol–water partition coefficient (Wildman–Crippen LogP) is 3.72. The maximum atomic E-state index is 13.9. The van der Waals surface area contributed by atoms with Crippen LogP contribution in [-0.4, -0.2) is 54.9 Å². The topological polar surface area (TPSA) is 127 Å². The Kier molecular flexibility index (Phi) is 7.01. The van der Waals surface area contributed by atoms with Crippen molar-refractivity contribution in [3.63, 3.8) is 0 Å². The van der Waals surface area contributed by atoms with E-state index in [2.05, 4.69) is 30.3 Å². The molecule has 3 aromatic rings. The molecule has 0 spiro atoms. The fourth-order valence-corrected chi connectivity index (χ4v) is 5.26. The standard InChI is InChI=1S/C24H26F5N7O3/c1-12-19(35-39-34-12)22(38)33-20(14-4-6-23(25,26)7-5-14)16-11-36-18(31-16)9-13(10-30-36)8-15-2-3-17(24(27,28)29)32-21(15)37/h9-11,14-15,17,20H,2-8H2,1H3,(H,32,37)(H,33,38)/t15-,17-,20+/m1/s1. The van der Waals surface area contributed by atoms with Crippen LogP contribution in [0.4, 0.5) is 22.0 Å². The minimum absolute atomic E-state index is 0.0242. The quantitative estimate of drug-likeness (QED) is 0.444. The molecule has 1 aliphatic heterocycles. The molecule has 2 amide bonds. The van der Waals surface area contributed by atoms with Gasteiger partial charge in [0.2, 0.25) is 11.8 Å². The lowest BCUT2D eigenvalue weighted by atomic mass is 9.81. The van der Waals surface area contributed by atoms with E-state index in [9.17, 15) is 31.5 Å². The van der Waals surface area contributed by atoms with Crippen LogP contribution in [-0.2, 0) is 11.2 Å². The van der Waals surface area contributed by atoms with E-state index >= 15 is 0 Å². The van der Waals surface area contributed by atoms with E-state index in [-0.39, 0.29) is 62.3 Å². The smallest absolute Gasteiger partial charge is 0.344 e. The van der Waals surface area contributed by atoms with Crippen molar-refractivity contribution >= 4 is 17.5 Å². The largest absolute Gasteiger partial charge is 0.408 e. The van der Waals surface area contributed by atoms with Crippen molar-refractivity contribution in [2.45, 2.75) is 76.1 Å². The van der Waals surface area contributed by atoms with Crippen LogP contribution in [0.15, 0.2) is 23.1 Å². The van der Waals surface area contributed by atoms with E-state index in [0.29, 0.717) is 16.9 Å². The Balaban J connectivity index is 1.36. The molecular weight excluding hydrogens is 529 g/mol. The molecule has 5 rings (SSSR count). The van der Waals surface area contributed by atoms with Crippen molar-refractivity contribution < 1.29 is 36.2 Å². The molecule has 210 valence electrons. The number of halogens is 5. The summed E-state index contributed by atoms with van der Waals surface area (Å²) < 4.78 is 72.6. The number of carbonyl (C=O) groups is 2. The third kappa shape index (κ3) is 5.86. The molecule has 0 unspecified atom stereocenters. The highest BCUT2D eigenvalue weighted by molar-refractivity contribution is 5.93. The zero-order valence-electron chi connectivity index (χ0n) is 20.8. The van der Waals surface area contributed by atoms with Crippen LogP contribution in [0.1, 0.15) is 72.0 Å². The molecule has 15 heteroatoms. The minimum atomic E-state index is -4.49. The summed E-state index contributed by atoms with van der Waals surface area (Å²) in [6.07, 6.45) is -1.65. The molecular formula is C24H26F5N7O3.